The second kappa shape index (κ2) is 7.93. The topological polar surface area (TPSA) is 81.2 Å². The van der Waals surface area contributed by atoms with Crippen LogP contribution in [0, 0.1) is 0 Å². The van der Waals surface area contributed by atoms with Gasteiger partial charge in [-0.3, -0.25) is 0 Å². The van der Waals surface area contributed by atoms with Crippen molar-refractivity contribution < 1.29 is 21.6 Å². The van der Waals surface area contributed by atoms with Crippen molar-refractivity contribution in [1.82, 2.24) is 9.78 Å². The number of benzene rings is 2. The quantitative estimate of drug-likeness (QED) is 0.617. The van der Waals surface area contributed by atoms with Gasteiger partial charge in [-0.25, -0.2) is 18.2 Å². The van der Waals surface area contributed by atoms with Crippen molar-refractivity contribution in [1.29, 1.82) is 0 Å². The number of sulfonamides is 1. The normalized spacial score (nSPS) is 12.2. The summed E-state index contributed by atoms with van der Waals surface area (Å²) in [5.74, 6) is 0. The molecule has 160 valence electrons. The van der Waals surface area contributed by atoms with Crippen molar-refractivity contribution in [2.75, 3.05) is 18.5 Å². The maximum atomic E-state index is 13.4. The molecule has 0 radical (unpaired) electrons. The van der Waals surface area contributed by atoms with E-state index in [-0.39, 0.29) is 16.3 Å². The summed E-state index contributed by atoms with van der Waals surface area (Å²) in [6.07, 6.45) is -4.73. The molecule has 2 aromatic carbocycles. The fraction of sp³-hybridized carbons (Fsp3) is 0.211. The molecule has 0 aliphatic carbocycles. The molecule has 6 nitrogen and oxygen atoms in total. The number of hydrogen-bond donors (Lipinski definition) is 1. The minimum atomic E-state index is -4.73. The van der Waals surface area contributed by atoms with Gasteiger partial charge in [-0.2, -0.15) is 18.3 Å². The van der Waals surface area contributed by atoms with E-state index in [1.807, 2.05) is 18.9 Å². The van der Waals surface area contributed by atoms with Crippen LogP contribution in [0.15, 0.2) is 53.4 Å². The van der Waals surface area contributed by atoms with Crippen LogP contribution < -0.4 is 10.0 Å². The maximum Gasteiger partial charge on any atom is 0.435 e. The summed E-state index contributed by atoms with van der Waals surface area (Å²) in [6.45, 7) is 2.61. The van der Waals surface area contributed by atoms with Gasteiger partial charge in [-0.1, -0.05) is 29.8 Å². The Labute approximate surface area is 176 Å². The first-order valence-corrected chi connectivity index (χ1v) is 10.7. The third-order valence-corrected chi connectivity index (χ3v) is 5.79. The van der Waals surface area contributed by atoms with Crippen LogP contribution in [0.4, 0.5) is 18.9 Å². The summed E-state index contributed by atoms with van der Waals surface area (Å²) < 4.78 is 65.0. The zero-order chi connectivity index (χ0) is 22.3. The molecule has 2 N–H and O–H groups in total. The zero-order valence-corrected chi connectivity index (χ0v) is 17.6. The molecular formula is C19H18ClF3N4O2S. The minimum Gasteiger partial charge on any atom is -0.374 e. The fourth-order valence-corrected chi connectivity index (χ4v) is 3.97. The lowest BCUT2D eigenvalue weighted by atomic mass is 10.1. The Hall–Kier alpha value is -2.56. The molecule has 0 atom stereocenters. The molecule has 0 bridgehead atoms. The van der Waals surface area contributed by atoms with Gasteiger partial charge in [0.1, 0.15) is 4.90 Å². The van der Waals surface area contributed by atoms with Crippen LogP contribution in [-0.4, -0.2) is 31.8 Å². The van der Waals surface area contributed by atoms with E-state index in [0.29, 0.717) is 22.8 Å². The SMILES string of the molecule is CCN(C)c1ccc(-c2cc(C(F)(F)F)nn2-c2ccccc2S(N)(=O)=O)cc1Cl. The molecule has 1 aromatic heterocycles. The van der Waals surface area contributed by atoms with Gasteiger partial charge in [-0.15, -0.1) is 0 Å². The fourth-order valence-electron chi connectivity index (χ4n) is 2.93. The second-order valence-electron chi connectivity index (χ2n) is 6.52. The van der Waals surface area contributed by atoms with E-state index in [4.69, 9.17) is 16.7 Å². The van der Waals surface area contributed by atoms with Gasteiger partial charge < -0.3 is 4.90 Å². The molecular weight excluding hydrogens is 441 g/mol. The van der Waals surface area contributed by atoms with Crippen LogP contribution in [-0.2, 0) is 16.2 Å². The Bertz CT molecular complexity index is 1190. The summed E-state index contributed by atoms with van der Waals surface area (Å²) in [7, 11) is -2.38. The van der Waals surface area contributed by atoms with E-state index < -0.39 is 21.9 Å². The van der Waals surface area contributed by atoms with Gasteiger partial charge in [0.15, 0.2) is 5.69 Å². The van der Waals surface area contributed by atoms with Crippen LogP contribution in [0.3, 0.4) is 0 Å². The van der Waals surface area contributed by atoms with Crippen molar-refractivity contribution in [3.8, 4) is 16.9 Å². The lowest BCUT2D eigenvalue weighted by molar-refractivity contribution is -0.141. The summed E-state index contributed by atoms with van der Waals surface area (Å²) in [4.78, 5) is 1.53. The molecule has 0 aliphatic rings. The van der Waals surface area contributed by atoms with Crippen molar-refractivity contribution >= 4 is 27.3 Å². The standard InChI is InChI=1S/C19H18ClF3N4O2S/c1-3-26(2)14-9-8-12(10-13(14)20)16-11-18(19(21,22)23)25-27(16)15-6-4-5-7-17(15)30(24,28)29/h4-11H,3H2,1-2H3,(H2,24,28,29). The van der Waals surface area contributed by atoms with Crippen molar-refractivity contribution in [2.24, 2.45) is 5.14 Å². The number of primary sulfonamides is 1. The highest BCUT2D eigenvalue weighted by atomic mass is 35.5. The van der Waals surface area contributed by atoms with Crippen molar-refractivity contribution in [3.63, 3.8) is 0 Å². The molecule has 0 saturated heterocycles. The number of rotatable bonds is 5. The highest BCUT2D eigenvalue weighted by Gasteiger charge is 2.36. The van der Waals surface area contributed by atoms with E-state index in [1.165, 1.54) is 30.3 Å². The highest BCUT2D eigenvalue weighted by Crippen LogP contribution is 2.36. The van der Waals surface area contributed by atoms with Crippen molar-refractivity contribution in [2.45, 2.75) is 18.0 Å². The predicted octanol–water partition coefficient (Wildman–Crippen LogP) is 4.32. The van der Waals surface area contributed by atoms with E-state index in [1.54, 1.807) is 12.1 Å². The second-order valence-corrected chi connectivity index (χ2v) is 8.45. The number of hydrogen-bond acceptors (Lipinski definition) is 4. The molecule has 0 unspecified atom stereocenters. The molecule has 3 aromatic rings. The third kappa shape index (κ3) is 4.30. The molecule has 0 spiro atoms. The van der Waals surface area contributed by atoms with Crippen LogP contribution in [0.25, 0.3) is 16.9 Å². The summed E-state index contributed by atoms with van der Waals surface area (Å²) in [5.41, 5.74) is -0.217. The smallest absolute Gasteiger partial charge is 0.374 e. The van der Waals surface area contributed by atoms with Crippen LogP contribution in [0.2, 0.25) is 5.02 Å². The van der Waals surface area contributed by atoms with E-state index in [9.17, 15) is 21.6 Å². The van der Waals surface area contributed by atoms with Gasteiger partial charge in [0, 0.05) is 19.2 Å². The third-order valence-electron chi connectivity index (χ3n) is 4.53. The van der Waals surface area contributed by atoms with E-state index in [2.05, 4.69) is 5.10 Å². The Kier molecular flexibility index (Phi) is 5.85. The summed E-state index contributed by atoms with van der Waals surface area (Å²) >= 11 is 6.34. The molecule has 1 heterocycles. The number of nitrogens with two attached hydrogens (primary N) is 1. The lowest BCUT2D eigenvalue weighted by Crippen LogP contribution is -2.17. The van der Waals surface area contributed by atoms with Gasteiger partial charge in [-0.05, 0) is 37.3 Å². The highest BCUT2D eigenvalue weighted by molar-refractivity contribution is 7.89. The predicted molar refractivity (Wildman–Crippen MR) is 109 cm³/mol. The number of para-hydroxylation sites is 1. The van der Waals surface area contributed by atoms with E-state index in [0.717, 1.165) is 10.7 Å². The van der Waals surface area contributed by atoms with Crippen molar-refractivity contribution in [3.05, 3.63) is 59.2 Å². The Morgan fingerprint density at radius 3 is 2.40 bits per heavy atom. The Morgan fingerprint density at radius 1 is 1.17 bits per heavy atom. The monoisotopic (exact) mass is 458 g/mol. The van der Waals surface area contributed by atoms with Crippen LogP contribution in [0.5, 0.6) is 0 Å². The average Bonchev–Trinajstić information content (AvgIpc) is 3.12. The Balaban J connectivity index is 2.28. The van der Waals surface area contributed by atoms with E-state index >= 15 is 0 Å². The number of aromatic nitrogens is 2. The molecule has 30 heavy (non-hydrogen) atoms. The maximum absolute atomic E-state index is 13.4. The van der Waals surface area contributed by atoms with Gasteiger partial charge in [0.05, 0.1) is 22.1 Å². The molecule has 0 fully saturated rings. The van der Waals surface area contributed by atoms with Crippen LogP contribution >= 0.6 is 11.6 Å². The van der Waals surface area contributed by atoms with Gasteiger partial charge in [0.25, 0.3) is 0 Å². The van der Waals surface area contributed by atoms with Gasteiger partial charge >= 0.3 is 6.18 Å². The molecule has 0 saturated carbocycles. The minimum absolute atomic E-state index is 0.0195. The molecule has 0 amide bonds. The number of alkyl halides is 3. The molecule has 0 aliphatic heterocycles. The largest absolute Gasteiger partial charge is 0.435 e. The first-order chi connectivity index (χ1) is 13.9. The Morgan fingerprint density at radius 2 is 1.83 bits per heavy atom. The number of anilines is 1. The number of nitrogens with zero attached hydrogens (tertiary/aromatic N) is 3. The summed E-state index contributed by atoms with van der Waals surface area (Å²) in [6, 6.07) is 11.1. The lowest BCUT2D eigenvalue weighted by Gasteiger charge is -2.19. The average molecular weight is 459 g/mol. The molecule has 3 rings (SSSR count). The first-order valence-electron chi connectivity index (χ1n) is 8.74. The van der Waals surface area contributed by atoms with Gasteiger partial charge in [0.2, 0.25) is 10.0 Å². The molecule has 11 heteroatoms. The first kappa shape index (κ1) is 22.1. The number of halogens is 4. The zero-order valence-electron chi connectivity index (χ0n) is 16.0. The van der Waals surface area contributed by atoms with Crippen LogP contribution in [0.1, 0.15) is 12.6 Å². The summed E-state index contributed by atoms with van der Waals surface area (Å²) in [5, 5.41) is 9.21.